The van der Waals surface area contributed by atoms with E-state index < -0.39 is 0 Å². The minimum atomic E-state index is -0.110. The Kier molecular flexibility index (Phi) is 6.20. The van der Waals surface area contributed by atoms with Gasteiger partial charge in [-0.2, -0.15) is 0 Å². The number of anilines is 1. The minimum absolute atomic E-state index is 0.110. The first-order chi connectivity index (χ1) is 13.3. The number of thiazole rings is 1. The second-order valence-electron chi connectivity index (χ2n) is 7.49. The van der Waals surface area contributed by atoms with Gasteiger partial charge in [-0.25, -0.2) is 4.98 Å². The van der Waals surface area contributed by atoms with E-state index in [4.69, 9.17) is 0 Å². The number of amides is 1. The van der Waals surface area contributed by atoms with Gasteiger partial charge in [0.15, 0.2) is 16.1 Å². The largest absolute Gasteiger partial charge is 0.302 e. The van der Waals surface area contributed by atoms with E-state index in [1.165, 1.54) is 23.8 Å². The van der Waals surface area contributed by atoms with Crippen LogP contribution in [-0.2, 0) is 22.5 Å². The first kappa shape index (κ1) is 20.5. The fourth-order valence-corrected chi connectivity index (χ4v) is 4.49. The van der Waals surface area contributed by atoms with Crippen molar-refractivity contribution in [1.82, 2.24) is 19.7 Å². The second kappa shape index (κ2) is 8.45. The predicted octanol–water partition coefficient (Wildman–Crippen LogP) is 4.97. The molecule has 1 amide bonds. The molecule has 28 heavy (non-hydrogen) atoms. The molecule has 0 fully saturated rings. The highest BCUT2D eigenvalue weighted by Crippen LogP contribution is 2.29. The monoisotopic (exact) mass is 415 g/mol. The predicted molar refractivity (Wildman–Crippen MR) is 116 cm³/mol. The summed E-state index contributed by atoms with van der Waals surface area (Å²) in [4.78, 5) is 15.6. The highest BCUT2D eigenvalue weighted by molar-refractivity contribution is 7.98. The van der Waals surface area contributed by atoms with Gasteiger partial charge >= 0.3 is 0 Å². The molecular weight excluding hydrogens is 390 g/mol. The Hall–Kier alpha value is -2.19. The third-order valence-corrected chi connectivity index (χ3v) is 6.03. The van der Waals surface area contributed by atoms with Crippen LogP contribution >= 0.6 is 23.1 Å². The lowest BCUT2D eigenvalue weighted by molar-refractivity contribution is -0.114. The van der Waals surface area contributed by atoms with E-state index >= 15 is 0 Å². The Morgan fingerprint density at radius 2 is 1.93 bits per heavy atom. The minimum Gasteiger partial charge on any atom is -0.302 e. The third-order valence-electron chi connectivity index (χ3n) is 4.23. The van der Waals surface area contributed by atoms with Gasteiger partial charge in [0, 0.05) is 30.2 Å². The summed E-state index contributed by atoms with van der Waals surface area (Å²) >= 11 is 3.03. The third kappa shape index (κ3) is 4.80. The van der Waals surface area contributed by atoms with Gasteiger partial charge in [0.2, 0.25) is 5.91 Å². The molecule has 148 valence electrons. The number of nitrogens with zero attached hydrogens (tertiary/aromatic N) is 4. The van der Waals surface area contributed by atoms with Crippen molar-refractivity contribution in [2.24, 2.45) is 0 Å². The summed E-state index contributed by atoms with van der Waals surface area (Å²) in [6.45, 7) is 11.0. The molecule has 2 aromatic heterocycles. The number of hydrogen-bond donors (Lipinski definition) is 1. The molecule has 3 rings (SSSR count). The number of benzene rings is 1. The van der Waals surface area contributed by atoms with Crippen LogP contribution in [0.1, 0.15) is 45.9 Å². The molecule has 0 spiro atoms. The molecule has 1 N–H and O–H groups in total. The van der Waals surface area contributed by atoms with E-state index in [2.05, 4.69) is 77.0 Å². The van der Waals surface area contributed by atoms with Crippen LogP contribution in [-0.4, -0.2) is 25.7 Å². The molecule has 3 aromatic rings. The zero-order chi connectivity index (χ0) is 20.3. The summed E-state index contributed by atoms with van der Waals surface area (Å²) in [5, 5.41) is 15.0. The molecule has 0 atom stereocenters. The van der Waals surface area contributed by atoms with E-state index in [0.29, 0.717) is 10.9 Å². The maximum atomic E-state index is 11.1. The first-order valence-electron chi connectivity index (χ1n) is 9.17. The molecule has 0 radical (unpaired) electrons. The fraction of sp³-hybridized carbons (Fsp3) is 0.400. The Balaban J connectivity index is 1.75. The summed E-state index contributed by atoms with van der Waals surface area (Å²) in [7, 11) is 0. The van der Waals surface area contributed by atoms with Gasteiger partial charge in [-0.15, -0.1) is 21.5 Å². The number of nitrogens with one attached hydrogen (secondary N) is 1. The Morgan fingerprint density at radius 1 is 1.21 bits per heavy atom. The van der Waals surface area contributed by atoms with Crippen molar-refractivity contribution in [3.8, 4) is 11.4 Å². The van der Waals surface area contributed by atoms with Crippen molar-refractivity contribution < 1.29 is 4.79 Å². The van der Waals surface area contributed by atoms with E-state index in [1.807, 2.05) is 5.38 Å². The molecule has 0 bridgehead atoms. The number of aromatic nitrogens is 4. The maximum Gasteiger partial charge on any atom is 0.223 e. The highest BCUT2D eigenvalue weighted by atomic mass is 32.2. The molecule has 0 aliphatic rings. The van der Waals surface area contributed by atoms with Gasteiger partial charge in [-0.1, -0.05) is 56.8 Å². The zero-order valence-corrected chi connectivity index (χ0v) is 18.4. The molecule has 1 aromatic carbocycles. The number of rotatable bonds is 6. The zero-order valence-electron chi connectivity index (χ0n) is 16.8. The number of thioether (sulfide) groups is 1. The SMILES string of the molecule is CCn1c(SCc2csc(NC(C)=O)n2)nnc1-c1ccc(C(C)(C)C)cc1. The molecule has 2 heterocycles. The van der Waals surface area contributed by atoms with E-state index in [9.17, 15) is 4.79 Å². The maximum absolute atomic E-state index is 11.1. The average molecular weight is 416 g/mol. The molecule has 6 nitrogen and oxygen atoms in total. The molecule has 0 aliphatic carbocycles. The van der Waals surface area contributed by atoms with Crippen molar-refractivity contribution >= 4 is 34.1 Å². The van der Waals surface area contributed by atoms with Crippen LogP contribution in [0.2, 0.25) is 0 Å². The lowest BCUT2D eigenvalue weighted by Crippen LogP contribution is -2.10. The van der Waals surface area contributed by atoms with Crippen molar-refractivity contribution in [1.29, 1.82) is 0 Å². The Bertz CT molecular complexity index is 954. The van der Waals surface area contributed by atoms with Gasteiger partial charge < -0.3 is 9.88 Å². The molecule has 0 aliphatic heterocycles. The summed E-state index contributed by atoms with van der Waals surface area (Å²) in [6, 6.07) is 8.56. The van der Waals surface area contributed by atoms with Crippen molar-refractivity contribution in [3.63, 3.8) is 0 Å². The smallest absolute Gasteiger partial charge is 0.223 e. The summed E-state index contributed by atoms with van der Waals surface area (Å²) in [6.07, 6.45) is 0. The lowest BCUT2D eigenvalue weighted by Gasteiger charge is -2.19. The quantitative estimate of drug-likeness (QED) is 0.576. The number of carbonyl (C=O) groups is 1. The van der Waals surface area contributed by atoms with Gasteiger partial charge in [0.25, 0.3) is 0 Å². The van der Waals surface area contributed by atoms with Crippen LogP contribution in [0.3, 0.4) is 0 Å². The highest BCUT2D eigenvalue weighted by Gasteiger charge is 2.17. The van der Waals surface area contributed by atoms with Crippen LogP contribution in [0, 0.1) is 0 Å². The molecule has 0 saturated carbocycles. The topological polar surface area (TPSA) is 72.7 Å². The first-order valence-corrected chi connectivity index (χ1v) is 11.0. The van der Waals surface area contributed by atoms with E-state index in [0.717, 1.165) is 28.8 Å². The van der Waals surface area contributed by atoms with Crippen LogP contribution < -0.4 is 5.32 Å². The van der Waals surface area contributed by atoms with Gasteiger partial charge in [-0.05, 0) is 17.9 Å². The van der Waals surface area contributed by atoms with Crippen LogP contribution in [0.25, 0.3) is 11.4 Å². The van der Waals surface area contributed by atoms with Gasteiger partial charge in [0.05, 0.1) is 5.69 Å². The summed E-state index contributed by atoms with van der Waals surface area (Å²) in [5.41, 5.74) is 3.41. The fourth-order valence-electron chi connectivity index (χ4n) is 2.73. The normalized spacial score (nSPS) is 11.6. The molecule has 0 saturated heterocycles. The van der Waals surface area contributed by atoms with Gasteiger partial charge in [-0.3, -0.25) is 4.79 Å². The molecule has 8 heteroatoms. The van der Waals surface area contributed by atoms with E-state index in [-0.39, 0.29) is 11.3 Å². The van der Waals surface area contributed by atoms with Crippen LogP contribution in [0.15, 0.2) is 34.8 Å². The van der Waals surface area contributed by atoms with Crippen molar-refractivity contribution in [2.45, 2.75) is 57.5 Å². The second-order valence-corrected chi connectivity index (χ2v) is 9.29. The van der Waals surface area contributed by atoms with Crippen LogP contribution in [0.4, 0.5) is 5.13 Å². The summed E-state index contributed by atoms with van der Waals surface area (Å²) < 4.78 is 2.12. The van der Waals surface area contributed by atoms with Crippen molar-refractivity contribution in [3.05, 3.63) is 40.9 Å². The standard InChI is InChI=1S/C20H25N5OS2/c1-6-25-17(14-7-9-15(10-8-14)20(3,4)5)23-24-19(25)28-12-16-11-27-18(22-16)21-13(2)26/h7-11H,6,12H2,1-5H3,(H,21,22,26). The van der Waals surface area contributed by atoms with Crippen molar-refractivity contribution in [2.75, 3.05) is 5.32 Å². The van der Waals surface area contributed by atoms with E-state index in [1.54, 1.807) is 11.8 Å². The Labute approximate surface area is 173 Å². The number of carbonyl (C=O) groups excluding carboxylic acids is 1. The lowest BCUT2D eigenvalue weighted by atomic mass is 9.87. The molecule has 0 unspecified atom stereocenters. The average Bonchev–Trinajstić information content (AvgIpc) is 3.25. The molecular formula is C20H25N5OS2. The Morgan fingerprint density at radius 3 is 2.54 bits per heavy atom. The number of hydrogen-bond acceptors (Lipinski definition) is 6. The summed E-state index contributed by atoms with van der Waals surface area (Å²) in [5.74, 6) is 1.45. The van der Waals surface area contributed by atoms with Crippen LogP contribution in [0.5, 0.6) is 0 Å². The van der Waals surface area contributed by atoms with Gasteiger partial charge in [0.1, 0.15) is 0 Å².